The molecule has 0 unspecified atom stereocenters. The standard InChI is InChI=1S/C16H20N2O5/c1-4-16(2,3)17-14(19)6-5-11-7-13(18(20)21)8-12-9-22-10-23-15(11)12/h5-8H,4,9-10H2,1-3H3,(H,17,19)/b6-5+. The topological polar surface area (TPSA) is 90.7 Å². The van der Waals surface area contributed by atoms with E-state index in [0.717, 1.165) is 6.42 Å². The lowest BCUT2D eigenvalue weighted by molar-refractivity contribution is -0.385. The summed E-state index contributed by atoms with van der Waals surface area (Å²) in [7, 11) is 0. The Hall–Kier alpha value is -2.41. The molecule has 124 valence electrons. The fourth-order valence-corrected chi connectivity index (χ4v) is 2.09. The van der Waals surface area contributed by atoms with E-state index in [1.807, 2.05) is 20.8 Å². The summed E-state index contributed by atoms with van der Waals surface area (Å²) in [4.78, 5) is 22.5. The number of rotatable bonds is 5. The minimum atomic E-state index is -0.480. The van der Waals surface area contributed by atoms with E-state index in [0.29, 0.717) is 16.9 Å². The highest BCUT2D eigenvalue weighted by molar-refractivity contribution is 5.92. The Labute approximate surface area is 134 Å². The molecule has 0 spiro atoms. The number of fused-ring (bicyclic) bond motifs is 1. The quantitative estimate of drug-likeness (QED) is 0.512. The van der Waals surface area contributed by atoms with Gasteiger partial charge in [-0.15, -0.1) is 0 Å². The maximum atomic E-state index is 12.0. The highest BCUT2D eigenvalue weighted by Gasteiger charge is 2.20. The molecule has 1 aliphatic heterocycles. The first-order chi connectivity index (χ1) is 10.8. The molecule has 7 heteroatoms. The number of carbonyl (C=O) groups excluding carboxylic acids is 1. The Bertz CT molecular complexity index is 652. The molecule has 1 aromatic carbocycles. The van der Waals surface area contributed by atoms with Crippen molar-refractivity contribution < 1.29 is 19.2 Å². The van der Waals surface area contributed by atoms with Gasteiger partial charge in [-0.2, -0.15) is 0 Å². The third-order valence-electron chi connectivity index (χ3n) is 3.69. The van der Waals surface area contributed by atoms with Crippen LogP contribution in [0.2, 0.25) is 0 Å². The Morgan fingerprint density at radius 3 is 2.87 bits per heavy atom. The Kier molecular flexibility index (Phi) is 5.00. The van der Waals surface area contributed by atoms with Crippen molar-refractivity contribution in [1.29, 1.82) is 0 Å². The van der Waals surface area contributed by atoms with Gasteiger partial charge >= 0.3 is 0 Å². The number of amides is 1. The Morgan fingerprint density at radius 1 is 1.48 bits per heavy atom. The molecular formula is C16H20N2O5. The monoisotopic (exact) mass is 320 g/mol. The second-order valence-electron chi connectivity index (χ2n) is 5.95. The van der Waals surface area contributed by atoms with Gasteiger partial charge in [0.05, 0.1) is 11.5 Å². The highest BCUT2D eigenvalue weighted by Crippen LogP contribution is 2.33. The zero-order valence-electron chi connectivity index (χ0n) is 13.4. The molecule has 0 saturated heterocycles. The second-order valence-corrected chi connectivity index (χ2v) is 5.95. The fourth-order valence-electron chi connectivity index (χ4n) is 2.09. The molecule has 2 rings (SSSR count). The molecule has 0 atom stereocenters. The SMILES string of the molecule is CCC(C)(C)NC(=O)/C=C/c1cc([N+](=O)[O-])cc2c1OCOC2. The van der Waals surface area contributed by atoms with Crippen molar-refractivity contribution >= 4 is 17.7 Å². The molecule has 0 aliphatic carbocycles. The van der Waals surface area contributed by atoms with Crippen LogP contribution in [0.15, 0.2) is 18.2 Å². The molecule has 0 fully saturated rings. The van der Waals surface area contributed by atoms with Crippen molar-refractivity contribution in [2.45, 2.75) is 39.3 Å². The molecule has 7 nitrogen and oxygen atoms in total. The van der Waals surface area contributed by atoms with Gasteiger partial charge in [0.1, 0.15) is 5.75 Å². The van der Waals surface area contributed by atoms with E-state index >= 15 is 0 Å². The van der Waals surface area contributed by atoms with Gasteiger partial charge in [-0.05, 0) is 26.3 Å². The van der Waals surface area contributed by atoms with Crippen molar-refractivity contribution in [3.05, 3.63) is 39.4 Å². The van der Waals surface area contributed by atoms with Crippen LogP contribution in [-0.2, 0) is 16.1 Å². The molecule has 1 amide bonds. The first kappa shape index (κ1) is 17.0. The summed E-state index contributed by atoms with van der Waals surface area (Å²) in [6.07, 6.45) is 3.67. The zero-order chi connectivity index (χ0) is 17.0. The first-order valence-corrected chi connectivity index (χ1v) is 7.34. The molecule has 0 saturated carbocycles. The largest absolute Gasteiger partial charge is 0.467 e. The lowest BCUT2D eigenvalue weighted by Gasteiger charge is -2.23. The summed E-state index contributed by atoms with van der Waals surface area (Å²) in [5.74, 6) is 0.254. The van der Waals surface area contributed by atoms with E-state index in [-0.39, 0.29) is 30.5 Å². The smallest absolute Gasteiger partial charge is 0.270 e. The fraction of sp³-hybridized carbons (Fsp3) is 0.438. The number of nitro groups is 1. The molecule has 1 aromatic rings. The van der Waals surface area contributed by atoms with Crippen LogP contribution >= 0.6 is 0 Å². The van der Waals surface area contributed by atoms with Gasteiger partial charge in [0, 0.05) is 34.9 Å². The summed E-state index contributed by atoms with van der Waals surface area (Å²) >= 11 is 0. The van der Waals surface area contributed by atoms with Gasteiger partial charge in [-0.1, -0.05) is 6.92 Å². The lowest BCUT2D eigenvalue weighted by atomic mass is 10.0. The summed E-state index contributed by atoms with van der Waals surface area (Å²) < 4.78 is 10.6. The van der Waals surface area contributed by atoms with E-state index in [9.17, 15) is 14.9 Å². The van der Waals surface area contributed by atoms with Crippen molar-refractivity contribution in [2.24, 2.45) is 0 Å². The second kappa shape index (κ2) is 6.78. The van der Waals surface area contributed by atoms with E-state index in [1.54, 1.807) is 0 Å². The van der Waals surface area contributed by atoms with Gasteiger partial charge in [-0.3, -0.25) is 14.9 Å². The molecule has 1 heterocycles. The van der Waals surface area contributed by atoms with E-state index in [1.165, 1.54) is 24.3 Å². The van der Waals surface area contributed by atoms with E-state index in [4.69, 9.17) is 9.47 Å². The lowest BCUT2D eigenvalue weighted by Crippen LogP contribution is -2.41. The van der Waals surface area contributed by atoms with Crippen LogP contribution in [0.1, 0.15) is 38.3 Å². The van der Waals surface area contributed by atoms with Crippen molar-refractivity contribution in [1.82, 2.24) is 5.32 Å². The summed E-state index contributed by atoms with van der Waals surface area (Å²) in [6, 6.07) is 2.81. The normalized spacial score (nSPS) is 14.2. The minimum Gasteiger partial charge on any atom is -0.467 e. The van der Waals surface area contributed by atoms with Gasteiger partial charge in [0.15, 0.2) is 6.79 Å². The number of non-ortho nitro benzene ring substituents is 1. The van der Waals surface area contributed by atoms with E-state index < -0.39 is 4.92 Å². The predicted molar refractivity (Wildman–Crippen MR) is 84.9 cm³/mol. The molecule has 0 bridgehead atoms. The number of ether oxygens (including phenoxy) is 2. The third-order valence-corrected chi connectivity index (χ3v) is 3.69. The number of benzene rings is 1. The van der Waals surface area contributed by atoms with Crippen molar-refractivity contribution in [3.63, 3.8) is 0 Å². The van der Waals surface area contributed by atoms with Crippen molar-refractivity contribution in [2.75, 3.05) is 6.79 Å². The summed E-state index contributed by atoms with van der Waals surface area (Å²) in [6.45, 7) is 6.16. The molecule has 1 N–H and O–H groups in total. The third kappa shape index (κ3) is 4.29. The van der Waals surface area contributed by atoms with E-state index in [2.05, 4.69) is 5.32 Å². The summed E-state index contributed by atoms with van der Waals surface area (Å²) in [5, 5.41) is 13.9. The zero-order valence-corrected chi connectivity index (χ0v) is 13.4. The van der Waals surface area contributed by atoms with Crippen LogP contribution in [0, 0.1) is 10.1 Å². The van der Waals surface area contributed by atoms with Gasteiger partial charge in [0.25, 0.3) is 5.69 Å². The van der Waals surface area contributed by atoms with Crippen LogP contribution in [0.25, 0.3) is 6.08 Å². The van der Waals surface area contributed by atoms with Gasteiger partial charge < -0.3 is 14.8 Å². The predicted octanol–water partition coefficient (Wildman–Crippen LogP) is 2.78. The Morgan fingerprint density at radius 2 is 2.22 bits per heavy atom. The minimum absolute atomic E-state index is 0.0632. The number of carbonyl (C=O) groups is 1. The Balaban J connectivity index is 2.28. The highest BCUT2D eigenvalue weighted by atomic mass is 16.7. The molecule has 1 aliphatic rings. The molecule has 0 aromatic heterocycles. The number of hydrogen-bond acceptors (Lipinski definition) is 5. The van der Waals surface area contributed by atoms with Gasteiger partial charge in [0.2, 0.25) is 5.91 Å². The average molecular weight is 320 g/mol. The van der Waals surface area contributed by atoms with Crippen LogP contribution in [0.4, 0.5) is 5.69 Å². The van der Waals surface area contributed by atoms with Crippen LogP contribution in [0.3, 0.4) is 0 Å². The van der Waals surface area contributed by atoms with Crippen LogP contribution in [-0.4, -0.2) is 23.2 Å². The first-order valence-electron chi connectivity index (χ1n) is 7.34. The van der Waals surface area contributed by atoms with Crippen LogP contribution < -0.4 is 10.1 Å². The number of nitrogens with one attached hydrogen (secondary N) is 1. The maximum Gasteiger partial charge on any atom is 0.270 e. The molecule has 0 radical (unpaired) electrons. The van der Waals surface area contributed by atoms with Gasteiger partial charge in [-0.25, -0.2) is 0 Å². The number of nitrogens with zero attached hydrogens (tertiary/aromatic N) is 1. The molecular weight excluding hydrogens is 300 g/mol. The number of nitro benzene ring substituents is 1. The van der Waals surface area contributed by atoms with Crippen LogP contribution in [0.5, 0.6) is 5.75 Å². The average Bonchev–Trinajstić information content (AvgIpc) is 2.51. The number of hydrogen-bond donors (Lipinski definition) is 1. The van der Waals surface area contributed by atoms with Crippen molar-refractivity contribution in [3.8, 4) is 5.75 Å². The summed E-state index contributed by atoms with van der Waals surface area (Å²) in [5.41, 5.74) is 0.710. The maximum absolute atomic E-state index is 12.0. The molecule has 23 heavy (non-hydrogen) atoms.